The molecule has 0 aliphatic carbocycles. The van der Waals surface area contributed by atoms with E-state index in [9.17, 15) is 104 Å². The number of aromatic nitrogens is 7. The van der Waals surface area contributed by atoms with E-state index in [0.717, 1.165) is 15.3 Å². The smallest absolute Gasteiger partial charge is 0.382 e. The number of carbonyl (C=O) groups excluding carboxylic acids is 3. The lowest BCUT2D eigenvalue weighted by Gasteiger charge is -2.21. The van der Waals surface area contributed by atoms with Gasteiger partial charge in [-0.05, 0) is 31.6 Å². The molecule has 9 unspecified atom stereocenters. The maximum atomic E-state index is 12.8. The fourth-order valence-corrected chi connectivity index (χ4v) is 19.2. The zero-order valence-corrected chi connectivity index (χ0v) is 72.8. The molecular formula is C58H89N10O43P9. The van der Waals surface area contributed by atoms with Crippen LogP contribution in [0.1, 0.15) is 136 Å². The van der Waals surface area contributed by atoms with Gasteiger partial charge >= 0.3 is 81.8 Å². The van der Waals surface area contributed by atoms with Crippen molar-refractivity contribution in [1.29, 1.82) is 0 Å². The van der Waals surface area contributed by atoms with Crippen molar-refractivity contribution in [3.05, 3.63) is 82.8 Å². The van der Waals surface area contributed by atoms with Gasteiger partial charge in [0, 0.05) is 84.4 Å². The Morgan fingerprint density at radius 1 is 0.500 bits per heavy atom. The molecule has 7 rings (SSSR count). The van der Waals surface area contributed by atoms with Crippen molar-refractivity contribution in [3.8, 4) is 35.5 Å². The summed E-state index contributed by atoms with van der Waals surface area (Å²) in [7, 11) is -50.1. The first-order valence-corrected chi connectivity index (χ1v) is 48.1. The summed E-state index contributed by atoms with van der Waals surface area (Å²) in [6.07, 6.45) is -4.03. The molecule has 4 aromatic heterocycles. The van der Waals surface area contributed by atoms with Crippen LogP contribution in [0.3, 0.4) is 0 Å². The summed E-state index contributed by atoms with van der Waals surface area (Å²) in [5.74, 6) is 15.9. The van der Waals surface area contributed by atoms with Crippen molar-refractivity contribution < 1.29 is 182 Å². The number of phosphoric ester groups is 3. The van der Waals surface area contributed by atoms with Crippen molar-refractivity contribution >= 4 is 105 Å². The van der Waals surface area contributed by atoms with E-state index in [1.165, 1.54) is 27.0 Å². The van der Waals surface area contributed by atoms with Crippen LogP contribution in [0.5, 0.6) is 0 Å². The van der Waals surface area contributed by atoms with Crippen LogP contribution in [0.15, 0.2) is 37.8 Å². The van der Waals surface area contributed by atoms with E-state index in [2.05, 4.69) is 101 Å². The van der Waals surface area contributed by atoms with Crippen molar-refractivity contribution in [3.63, 3.8) is 0 Å². The minimum absolute atomic E-state index is 0.0120. The summed E-state index contributed by atoms with van der Waals surface area (Å²) < 4.78 is 179. The van der Waals surface area contributed by atoms with Gasteiger partial charge in [0.25, 0.3) is 11.1 Å². The molecule has 0 radical (unpaired) electrons. The van der Waals surface area contributed by atoms with Gasteiger partial charge in [-0.25, -0.2) is 55.7 Å². The predicted octanol–water partition coefficient (Wildman–Crippen LogP) is 2.11. The SMILES string of the molecule is CC(=O)CCC#Cc1cn([C@H]2CC(OCC(C)C)[C@@H](COP(=O)(O)OP(=O)(O)OP(=O)(O)O)O2)c2nc(C)[nH]c(=O)c12.CC(=O)NCC#Cc1cn([C@H]2CC(OCC(C)C)[C@@H](COP(=O)(O)OP(=O)(O)OP(=O)(O)O)O2)c(=O)[nH]c1=O.CC(=O)NCC#Cc1cn([C@H]2CC(OCC(C)C)[C@@H](COP(=O)(O)OP(=O)(O)OP(=O)(O)O)O2)c(=O)nc1N. The Morgan fingerprint density at radius 2 is 0.858 bits per heavy atom. The summed E-state index contributed by atoms with van der Waals surface area (Å²) in [6, 6.07) is 0. The first-order valence-electron chi connectivity index (χ1n) is 34.6. The van der Waals surface area contributed by atoms with Crippen LogP contribution < -0.4 is 38.9 Å². The average molecular weight is 1890 g/mol. The van der Waals surface area contributed by atoms with Crippen LogP contribution in [0.4, 0.5) is 5.82 Å². The lowest BCUT2D eigenvalue weighted by molar-refractivity contribution is -0.119. The predicted molar refractivity (Wildman–Crippen MR) is 406 cm³/mol. The lowest BCUT2D eigenvalue weighted by atomic mass is 10.1. The molecule has 3 aliphatic rings. The number of ketones is 1. The summed E-state index contributed by atoms with van der Waals surface area (Å²) in [5.41, 5.74) is 3.48. The molecule has 4 aromatic rings. The van der Waals surface area contributed by atoms with E-state index in [1.807, 2.05) is 41.5 Å². The number of ether oxygens (including phenoxy) is 6. The second-order valence-electron chi connectivity index (χ2n) is 26.7. The highest BCUT2D eigenvalue weighted by molar-refractivity contribution is 7.68. The number of amides is 2. The quantitative estimate of drug-likeness (QED) is 0.0227. The van der Waals surface area contributed by atoms with Gasteiger partial charge in [0.15, 0.2) is 5.65 Å². The van der Waals surface area contributed by atoms with Crippen molar-refractivity contribution in [2.75, 3.05) is 58.5 Å². The second kappa shape index (κ2) is 44.8. The molecule has 0 aromatic carbocycles. The Morgan fingerprint density at radius 3 is 1.23 bits per heavy atom. The number of rotatable bonds is 37. The summed E-state index contributed by atoms with van der Waals surface area (Å²) in [6.45, 7) is 15.2. The summed E-state index contributed by atoms with van der Waals surface area (Å²) in [4.78, 5) is 205. The van der Waals surface area contributed by atoms with Crippen LogP contribution in [0.2, 0.25) is 0 Å². The second-order valence-corrected chi connectivity index (χ2v) is 40.0. The Kier molecular flexibility index (Phi) is 39.0. The zero-order chi connectivity index (χ0) is 90.6. The third-order valence-electron chi connectivity index (χ3n) is 14.7. The molecule has 120 heavy (non-hydrogen) atoms. The molecule has 0 spiro atoms. The number of hydrogen-bond donors (Lipinski definition) is 17. The Balaban J connectivity index is 0.000000321. The topological polar surface area (TPSA) is 777 Å². The summed E-state index contributed by atoms with van der Waals surface area (Å²) >= 11 is 0. The van der Waals surface area contributed by atoms with Gasteiger partial charge in [-0.1, -0.05) is 77.1 Å². The highest BCUT2D eigenvalue weighted by Crippen LogP contribution is 2.69. The van der Waals surface area contributed by atoms with Crippen LogP contribution in [-0.2, 0) is 123 Å². The minimum atomic E-state index is -5.72. The van der Waals surface area contributed by atoms with Gasteiger partial charge in [0.2, 0.25) is 11.8 Å². The third kappa shape index (κ3) is 37.5. The Hall–Kier alpha value is -5.94. The number of nitrogens with two attached hydrogens (primary N) is 1. The number of fused-ring (bicyclic) bond motifs is 1. The Labute approximate surface area is 679 Å². The van der Waals surface area contributed by atoms with E-state index < -0.39 is 168 Å². The normalized spacial score (nSPS) is 22.4. The zero-order valence-electron chi connectivity index (χ0n) is 64.7. The Bertz CT molecular complexity index is 5230. The first kappa shape index (κ1) is 105. The highest BCUT2D eigenvalue weighted by Gasteiger charge is 2.48. The van der Waals surface area contributed by atoms with Gasteiger partial charge in [-0.2, -0.15) is 30.8 Å². The van der Waals surface area contributed by atoms with Gasteiger partial charge in [0.1, 0.15) is 60.0 Å². The standard InChI is InChI=1S/C22H32N3O14P3.C18H29N4O14P3.C18H28N3O15P3/c1-13(2)11-35-17-9-19(37-18(17)12-36-41(31,32)39-42(33,34)38-40(28,29)30)25-10-16(8-6-5-7-14(3)26)20-21(25)23-15(4)24-22(20)27;1-11(2)9-32-14-7-16(22-8-13(17(19)21-18(22)24)5-4-6-20-12(3)23)34-15(14)10-33-38(28,29)36-39(30,31)35-37(25,26)27;1-11(2)9-32-14-7-16(21-8-13(17(23)20-18(21)24)5-4-6-19-12(3)22)34-15(14)10-33-38(28,29)36-39(30,31)35-37(25,26)27/h10,13,17-19H,5,7,9,11-12H2,1-4H3,(H,31,32)(H,33,34)(H,23,24,27)(H2,28,29,30);8,11,14-16H,6-7,9-10H2,1-3H3,(H,20,23)(H,28,29)(H,30,31)(H2,19,21,24)(H2,25,26,27);8,11,14-16H,6-7,9-10H2,1-3H3,(H,19,22)(H,28,29)(H,30,31)(H,20,23,24)(H2,25,26,27)/t17?,18-,19-;2*14?,15-,16-/m111/s1. The van der Waals surface area contributed by atoms with E-state index in [1.54, 1.807) is 17.7 Å². The third-order valence-corrected chi connectivity index (χ3v) is 26.1. The number of carbonyl (C=O) groups is 3. The fraction of sp³-hybridized carbons (Fsp3) is 0.603. The molecule has 18 N–H and O–H groups in total. The number of phosphoric acid groups is 9. The van der Waals surface area contributed by atoms with E-state index >= 15 is 0 Å². The monoisotopic (exact) mass is 1890 g/mol. The highest BCUT2D eigenvalue weighted by atomic mass is 31.3. The molecule has 3 fully saturated rings. The number of aryl methyl sites for hydroxylation is 1. The number of anilines is 1. The number of hydrogen-bond acceptors (Lipinski definition) is 34. The number of H-pyrrole nitrogens is 2. The molecule has 0 saturated carbocycles. The minimum Gasteiger partial charge on any atom is -0.382 e. The van der Waals surface area contributed by atoms with E-state index in [4.69, 9.17) is 68.0 Å². The van der Waals surface area contributed by atoms with Gasteiger partial charge in [0.05, 0.1) is 67.7 Å². The molecular weight excluding hydrogens is 1800 g/mol. The van der Waals surface area contributed by atoms with Crippen LogP contribution in [-0.4, -0.2) is 199 Å². The number of nitrogen functional groups attached to an aromatic ring is 1. The molecule has 674 valence electrons. The molecule has 0 bridgehead atoms. The molecule has 7 heterocycles. The molecule has 53 nitrogen and oxygen atoms in total. The van der Waals surface area contributed by atoms with E-state index in [0.29, 0.717) is 11.4 Å². The molecule has 2 amide bonds. The maximum Gasteiger partial charge on any atom is 0.490 e. The summed E-state index contributed by atoms with van der Waals surface area (Å²) in [5, 5.41) is 5.08. The molecule has 15 atom stereocenters. The number of Topliss-reactive ketones (excluding diaryl/α,β-unsaturated/α-hetero) is 1. The fourth-order valence-electron chi connectivity index (χ4n) is 10.1. The largest absolute Gasteiger partial charge is 0.490 e. The van der Waals surface area contributed by atoms with Crippen molar-refractivity contribution in [2.45, 2.75) is 157 Å². The lowest BCUT2D eigenvalue weighted by Crippen LogP contribution is -2.33. The van der Waals surface area contributed by atoms with Gasteiger partial charge in [-0.15, -0.1) is 0 Å². The van der Waals surface area contributed by atoms with Crippen molar-refractivity contribution in [2.24, 2.45) is 17.8 Å². The first-order chi connectivity index (χ1) is 55.1. The number of nitrogens with zero attached hydrogens (tertiary/aromatic N) is 5. The van der Waals surface area contributed by atoms with Gasteiger partial charge in [-0.3, -0.25) is 51.7 Å². The van der Waals surface area contributed by atoms with Crippen LogP contribution >= 0.6 is 70.4 Å². The number of aromatic amines is 2. The van der Waals surface area contributed by atoms with Crippen LogP contribution in [0.25, 0.3) is 11.0 Å². The van der Waals surface area contributed by atoms with E-state index in [-0.39, 0.29) is 128 Å². The maximum absolute atomic E-state index is 12.8. The molecule has 62 heteroatoms. The molecule has 3 aliphatic heterocycles. The molecule has 3 saturated heterocycles. The van der Waals surface area contributed by atoms with Gasteiger partial charge < -0.3 is 113 Å². The average Bonchev–Trinajstić information content (AvgIpc) is 1.61. The van der Waals surface area contributed by atoms with Crippen LogP contribution in [0, 0.1) is 60.2 Å². The number of nitrogens with one attached hydrogen (secondary N) is 4. The van der Waals surface area contributed by atoms with Crippen molar-refractivity contribution in [1.82, 2.24) is 44.3 Å².